The Kier molecular flexibility index (Phi) is 5.79. The van der Waals surface area contributed by atoms with E-state index >= 15 is 0 Å². The minimum absolute atomic E-state index is 0.107. The van der Waals surface area contributed by atoms with Crippen molar-refractivity contribution in [1.29, 1.82) is 0 Å². The Bertz CT molecular complexity index is 954. The van der Waals surface area contributed by atoms with Gasteiger partial charge in [-0.15, -0.1) is 0 Å². The SMILES string of the molecule is Cc1ccc(C(=O)N[C@H]2CCCC[C@@H]2O)cc1NC(=O)c1cnc(NC2(C)CC2)s1. The normalized spacial score (nSPS) is 22.2. The van der Waals surface area contributed by atoms with Crippen LogP contribution in [0.2, 0.25) is 0 Å². The summed E-state index contributed by atoms with van der Waals surface area (Å²) in [7, 11) is 0. The highest BCUT2D eigenvalue weighted by molar-refractivity contribution is 7.17. The van der Waals surface area contributed by atoms with E-state index in [-0.39, 0.29) is 23.4 Å². The van der Waals surface area contributed by atoms with Crippen LogP contribution in [0.1, 0.15) is 71.0 Å². The minimum Gasteiger partial charge on any atom is -0.391 e. The van der Waals surface area contributed by atoms with Gasteiger partial charge in [-0.25, -0.2) is 4.98 Å². The van der Waals surface area contributed by atoms with Gasteiger partial charge in [0.15, 0.2) is 5.13 Å². The first kappa shape index (κ1) is 20.8. The molecule has 2 fully saturated rings. The number of aliphatic hydroxyl groups excluding tert-OH is 1. The van der Waals surface area contributed by atoms with E-state index in [2.05, 4.69) is 27.9 Å². The van der Waals surface area contributed by atoms with Crippen molar-refractivity contribution < 1.29 is 14.7 Å². The number of rotatable bonds is 6. The molecule has 2 aromatic rings. The Morgan fingerprint density at radius 2 is 1.97 bits per heavy atom. The Morgan fingerprint density at radius 3 is 2.70 bits per heavy atom. The molecule has 0 saturated heterocycles. The van der Waals surface area contributed by atoms with Crippen molar-refractivity contribution in [3.8, 4) is 0 Å². The summed E-state index contributed by atoms with van der Waals surface area (Å²) in [4.78, 5) is 30.2. The second kappa shape index (κ2) is 8.35. The van der Waals surface area contributed by atoms with E-state index in [4.69, 9.17) is 0 Å². The van der Waals surface area contributed by atoms with Gasteiger partial charge in [0.2, 0.25) is 0 Å². The molecule has 0 radical (unpaired) electrons. The van der Waals surface area contributed by atoms with Gasteiger partial charge in [0.05, 0.1) is 18.3 Å². The van der Waals surface area contributed by atoms with Gasteiger partial charge in [0, 0.05) is 16.8 Å². The number of thiazole rings is 1. The third-order valence-electron chi connectivity index (χ3n) is 5.93. The van der Waals surface area contributed by atoms with Gasteiger partial charge in [-0.2, -0.15) is 0 Å². The van der Waals surface area contributed by atoms with Gasteiger partial charge in [-0.1, -0.05) is 30.2 Å². The highest BCUT2D eigenvalue weighted by Gasteiger charge is 2.37. The molecule has 2 amide bonds. The molecule has 8 heteroatoms. The molecule has 1 aromatic heterocycles. The van der Waals surface area contributed by atoms with Crippen molar-refractivity contribution in [2.45, 2.75) is 70.1 Å². The number of carbonyl (C=O) groups is 2. The van der Waals surface area contributed by atoms with Gasteiger partial charge in [-0.3, -0.25) is 9.59 Å². The Labute approximate surface area is 180 Å². The standard InChI is InChI=1S/C22H28N4O3S/c1-13-7-8-14(19(28)24-15-5-3-4-6-17(15)27)11-16(13)25-20(29)18-12-23-21(30-18)26-22(2)9-10-22/h7-8,11-12,15,17,27H,3-6,9-10H2,1-2H3,(H,23,26)(H,24,28)(H,25,29)/t15-,17-/m0/s1. The minimum atomic E-state index is -0.501. The monoisotopic (exact) mass is 428 g/mol. The quantitative estimate of drug-likeness (QED) is 0.562. The van der Waals surface area contributed by atoms with Gasteiger partial charge < -0.3 is 21.1 Å². The van der Waals surface area contributed by atoms with E-state index in [1.165, 1.54) is 11.3 Å². The molecule has 0 bridgehead atoms. The zero-order chi connectivity index (χ0) is 21.3. The summed E-state index contributed by atoms with van der Waals surface area (Å²) in [5.41, 5.74) is 2.03. The summed E-state index contributed by atoms with van der Waals surface area (Å²) in [6, 6.07) is 5.01. The molecular weight excluding hydrogens is 400 g/mol. The van der Waals surface area contributed by atoms with E-state index in [0.29, 0.717) is 22.5 Å². The molecule has 2 aliphatic carbocycles. The molecule has 0 spiro atoms. The number of aryl methyl sites for hydroxylation is 1. The third kappa shape index (κ3) is 4.82. The molecule has 2 saturated carbocycles. The van der Waals surface area contributed by atoms with Crippen molar-refractivity contribution in [2.75, 3.05) is 10.6 Å². The number of nitrogens with zero attached hydrogens (tertiary/aromatic N) is 1. The fourth-order valence-electron chi connectivity index (χ4n) is 3.62. The van der Waals surface area contributed by atoms with E-state index in [9.17, 15) is 14.7 Å². The largest absolute Gasteiger partial charge is 0.391 e. The molecule has 1 heterocycles. The fraction of sp³-hybridized carbons (Fsp3) is 0.500. The molecule has 2 aliphatic rings. The highest BCUT2D eigenvalue weighted by Crippen LogP contribution is 2.39. The van der Waals surface area contributed by atoms with E-state index in [1.54, 1.807) is 18.3 Å². The number of aliphatic hydroxyl groups is 1. The molecule has 160 valence electrons. The maximum absolute atomic E-state index is 12.7. The summed E-state index contributed by atoms with van der Waals surface area (Å²) >= 11 is 1.33. The van der Waals surface area contributed by atoms with Crippen LogP contribution < -0.4 is 16.0 Å². The van der Waals surface area contributed by atoms with Crippen LogP contribution in [0.25, 0.3) is 0 Å². The lowest BCUT2D eigenvalue weighted by molar-refractivity contribution is 0.0717. The van der Waals surface area contributed by atoms with Crippen LogP contribution >= 0.6 is 11.3 Å². The van der Waals surface area contributed by atoms with Crippen LogP contribution in [0.4, 0.5) is 10.8 Å². The molecule has 0 unspecified atom stereocenters. The lowest BCUT2D eigenvalue weighted by atomic mass is 9.92. The smallest absolute Gasteiger partial charge is 0.267 e. The van der Waals surface area contributed by atoms with Gasteiger partial charge >= 0.3 is 0 Å². The van der Waals surface area contributed by atoms with E-state index in [0.717, 1.165) is 42.8 Å². The first-order valence-electron chi connectivity index (χ1n) is 10.5. The van der Waals surface area contributed by atoms with Gasteiger partial charge in [0.25, 0.3) is 11.8 Å². The Hall–Kier alpha value is -2.45. The predicted octanol–water partition coefficient (Wildman–Crippen LogP) is 3.70. The molecule has 0 aliphatic heterocycles. The van der Waals surface area contributed by atoms with Crippen LogP contribution in [-0.2, 0) is 0 Å². The topological polar surface area (TPSA) is 103 Å². The molecule has 2 atom stereocenters. The predicted molar refractivity (Wildman–Crippen MR) is 118 cm³/mol. The molecule has 4 rings (SSSR count). The summed E-state index contributed by atoms with van der Waals surface area (Å²) in [5.74, 6) is -0.483. The summed E-state index contributed by atoms with van der Waals surface area (Å²) in [6.07, 6.45) is 6.78. The molecule has 4 N–H and O–H groups in total. The summed E-state index contributed by atoms with van der Waals surface area (Å²) in [6.45, 7) is 4.02. The van der Waals surface area contributed by atoms with Crippen LogP contribution in [0, 0.1) is 6.92 Å². The van der Waals surface area contributed by atoms with Gasteiger partial charge in [-0.05, 0) is 57.2 Å². The zero-order valence-corrected chi connectivity index (χ0v) is 18.1. The second-order valence-electron chi connectivity index (χ2n) is 8.63. The number of nitrogens with one attached hydrogen (secondary N) is 3. The Morgan fingerprint density at radius 1 is 1.20 bits per heavy atom. The third-order valence-corrected chi connectivity index (χ3v) is 6.84. The maximum Gasteiger partial charge on any atom is 0.267 e. The van der Waals surface area contributed by atoms with Crippen LogP contribution in [0.5, 0.6) is 0 Å². The van der Waals surface area contributed by atoms with Crippen molar-refractivity contribution in [2.24, 2.45) is 0 Å². The number of benzene rings is 1. The average Bonchev–Trinajstić information content (AvgIpc) is 3.25. The first-order chi connectivity index (χ1) is 14.3. The van der Waals surface area contributed by atoms with Crippen LogP contribution in [-0.4, -0.2) is 39.6 Å². The van der Waals surface area contributed by atoms with Gasteiger partial charge in [0.1, 0.15) is 4.88 Å². The lowest BCUT2D eigenvalue weighted by Crippen LogP contribution is -2.45. The number of hydrogen-bond acceptors (Lipinski definition) is 6. The highest BCUT2D eigenvalue weighted by atomic mass is 32.1. The molecular formula is C22H28N4O3S. The number of aromatic nitrogens is 1. The number of carbonyl (C=O) groups excluding carboxylic acids is 2. The number of hydrogen-bond donors (Lipinski definition) is 4. The number of amides is 2. The van der Waals surface area contributed by atoms with Crippen LogP contribution in [0.15, 0.2) is 24.4 Å². The zero-order valence-electron chi connectivity index (χ0n) is 17.3. The lowest BCUT2D eigenvalue weighted by Gasteiger charge is -2.28. The summed E-state index contributed by atoms with van der Waals surface area (Å²) in [5, 5.41) is 20.0. The van der Waals surface area contributed by atoms with Crippen molar-refractivity contribution in [1.82, 2.24) is 10.3 Å². The molecule has 7 nitrogen and oxygen atoms in total. The van der Waals surface area contributed by atoms with E-state index < -0.39 is 6.10 Å². The van der Waals surface area contributed by atoms with Crippen molar-refractivity contribution in [3.05, 3.63) is 40.4 Å². The fourth-order valence-corrected chi connectivity index (χ4v) is 4.48. The molecule has 1 aromatic carbocycles. The Balaban J connectivity index is 1.42. The molecule has 30 heavy (non-hydrogen) atoms. The van der Waals surface area contributed by atoms with Crippen LogP contribution in [0.3, 0.4) is 0 Å². The first-order valence-corrected chi connectivity index (χ1v) is 11.3. The van der Waals surface area contributed by atoms with Crippen molar-refractivity contribution >= 4 is 34.0 Å². The second-order valence-corrected chi connectivity index (χ2v) is 9.66. The van der Waals surface area contributed by atoms with E-state index in [1.807, 2.05) is 13.0 Å². The number of anilines is 2. The summed E-state index contributed by atoms with van der Waals surface area (Å²) < 4.78 is 0. The van der Waals surface area contributed by atoms with Crippen molar-refractivity contribution in [3.63, 3.8) is 0 Å². The average molecular weight is 429 g/mol. The maximum atomic E-state index is 12.7.